The van der Waals surface area contributed by atoms with Crippen LogP contribution in [-0.2, 0) is 16.6 Å². The minimum Gasteiger partial charge on any atom is -0.424 e. The van der Waals surface area contributed by atoms with Gasteiger partial charge in [-0.05, 0) is 37.1 Å². The van der Waals surface area contributed by atoms with Gasteiger partial charge in [0.05, 0.1) is 0 Å². The van der Waals surface area contributed by atoms with E-state index in [1.165, 1.54) is 24.3 Å². The molecule has 104 valence electrons. The molecular weight excluding hydrogens is 261 g/mol. The summed E-state index contributed by atoms with van der Waals surface area (Å²) < 4.78 is 18.3. The number of benzene rings is 1. The van der Waals surface area contributed by atoms with Crippen molar-refractivity contribution >= 4 is 11.6 Å². The molecule has 1 heterocycles. The first-order valence-corrected chi connectivity index (χ1v) is 6.54. The number of halogens is 1. The number of nitrogens with one attached hydrogen (secondary N) is 1. The van der Waals surface area contributed by atoms with Crippen molar-refractivity contribution in [1.82, 2.24) is 10.2 Å². The second-order valence-electron chi connectivity index (χ2n) is 4.90. The van der Waals surface area contributed by atoms with Crippen LogP contribution in [0.25, 0.3) is 0 Å². The van der Waals surface area contributed by atoms with Crippen molar-refractivity contribution in [3.8, 4) is 0 Å². The second-order valence-corrected chi connectivity index (χ2v) is 4.90. The monoisotopic (exact) mass is 275 g/mol. The highest BCUT2D eigenvalue weighted by Gasteiger charge is 2.56. The van der Waals surface area contributed by atoms with Crippen LogP contribution in [0.1, 0.15) is 31.5 Å². The van der Waals surface area contributed by atoms with Crippen molar-refractivity contribution in [2.45, 2.75) is 31.6 Å². The van der Waals surface area contributed by atoms with Crippen LogP contribution >= 0.6 is 0 Å². The number of carbonyl (C=O) groups excluding carboxylic acids is 1. The Morgan fingerprint density at radius 2 is 2.05 bits per heavy atom. The average Bonchev–Trinajstić information content (AvgIpc) is 3.13. The Kier molecular flexibility index (Phi) is 3.00. The Labute approximate surface area is 115 Å². The Morgan fingerprint density at radius 3 is 2.60 bits per heavy atom. The van der Waals surface area contributed by atoms with Crippen LogP contribution in [0.15, 0.2) is 28.7 Å². The topological polar surface area (TPSA) is 68.0 Å². The fourth-order valence-electron chi connectivity index (χ4n) is 2.04. The maximum absolute atomic E-state index is 12.8. The molecule has 20 heavy (non-hydrogen) atoms. The van der Waals surface area contributed by atoms with E-state index in [-0.39, 0.29) is 11.7 Å². The molecule has 1 fully saturated rings. The maximum Gasteiger partial charge on any atom is 0.240 e. The summed E-state index contributed by atoms with van der Waals surface area (Å²) in [6.07, 6.45) is 2.01. The largest absolute Gasteiger partial charge is 0.424 e. The summed E-state index contributed by atoms with van der Waals surface area (Å²) in [7, 11) is 0. The predicted molar refractivity (Wildman–Crippen MR) is 69.6 cm³/mol. The molecular formula is C14H14FN3O2. The van der Waals surface area contributed by atoms with E-state index in [2.05, 4.69) is 15.5 Å². The molecule has 0 aliphatic heterocycles. The molecule has 6 heteroatoms. The first kappa shape index (κ1) is 12.8. The van der Waals surface area contributed by atoms with Gasteiger partial charge in [-0.25, -0.2) is 4.39 Å². The number of rotatable bonds is 4. The summed E-state index contributed by atoms with van der Waals surface area (Å²) >= 11 is 0. The van der Waals surface area contributed by atoms with Crippen molar-refractivity contribution in [1.29, 1.82) is 0 Å². The van der Waals surface area contributed by atoms with Gasteiger partial charge < -0.3 is 9.73 Å². The van der Waals surface area contributed by atoms with E-state index in [1.807, 2.05) is 6.92 Å². The molecule has 0 bridgehead atoms. The normalized spacial score (nSPS) is 15.9. The van der Waals surface area contributed by atoms with Crippen LogP contribution in [0, 0.1) is 5.82 Å². The molecule has 0 atom stereocenters. The Hall–Kier alpha value is -2.24. The van der Waals surface area contributed by atoms with Crippen LogP contribution < -0.4 is 5.32 Å². The first-order chi connectivity index (χ1) is 9.64. The van der Waals surface area contributed by atoms with Gasteiger partial charge in [-0.3, -0.25) is 4.79 Å². The highest BCUT2D eigenvalue weighted by molar-refractivity contribution is 6.00. The van der Waals surface area contributed by atoms with Gasteiger partial charge >= 0.3 is 0 Å². The zero-order chi connectivity index (χ0) is 14.2. The maximum atomic E-state index is 12.8. The number of anilines is 1. The van der Waals surface area contributed by atoms with Crippen molar-refractivity contribution < 1.29 is 13.6 Å². The molecule has 1 amide bonds. The van der Waals surface area contributed by atoms with Crippen LogP contribution in [0.5, 0.6) is 0 Å². The van der Waals surface area contributed by atoms with Crippen LogP contribution in [0.3, 0.4) is 0 Å². The third-order valence-corrected chi connectivity index (χ3v) is 3.47. The number of nitrogens with zero attached hydrogens (tertiary/aromatic N) is 2. The number of aryl methyl sites for hydroxylation is 1. The number of hydrogen-bond donors (Lipinski definition) is 1. The molecule has 0 unspecified atom stereocenters. The zero-order valence-corrected chi connectivity index (χ0v) is 11.0. The van der Waals surface area contributed by atoms with Crippen molar-refractivity contribution in [3.63, 3.8) is 0 Å². The number of hydrogen-bond acceptors (Lipinski definition) is 4. The molecule has 1 aliphatic rings. The van der Waals surface area contributed by atoms with Crippen LogP contribution in [0.2, 0.25) is 0 Å². The van der Waals surface area contributed by atoms with Gasteiger partial charge in [0.15, 0.2) is 0 Å². The number of carbonyl (C=O) groups is 1. The third kappa shape index (κ3) is 2.17. The Bertz CT molecular complexity index is 632. The van der Waals surface area contributed by atoms with Gasteiger partial charge in [0, 0.05) is 12.1 Å². The molecule has 0 saturated heterocycles. The van der Waals surface area contributed by atoms with E-state index in [1.54, 1.807) is 0 Å². The van der Waals surface area contributed by atoms with Gasteiger partial charge in [0.25, 0.3) is 0 Å². The lowest BCUT2D eigenvalue weighted by molar-refractivity contribution is -0.119. The molecule has 1 aromatic heterocycles. The molecule has 0 spiro atoms. The fourth-order valence-corrected chi connectivity index (χ4v) is 2.04. The summed E-state index contributed by atoms with van der Waals surface area (Å²) in [6.45, 7) is 1.91. The molecule has 1 saturated carbocycles. The summed E-state index contributed by atoms with van der Waals surface area (Å²) in [5.74, 6) is 0.374. The Morgan fingerprint density at radius 1 is 1.35 bits per heavy atom. The summed E-state index contributed by atoms with van der Waals surface area (Å²) in [6, 6.07) is 5.65. The molecule has 5 nitrogen and oxygen atoms in total. The lowest BCUT2D eigenvalue weighted by Crippen LogP contribution is -2.28. The van der Waals surface area contributed by atoms with Gasteiger partial charge in [-0.15, -0.1) is 10.2 Å². The minimum absolute atomic E-state index is 0.185. The molecule has 0 radical (unpaired) electrons. The summed E-state index contributed by atoms with van der Waals surface area (Å²) in [5, 5.41) is 10.6. The van der Waals surface area contributed by atoms with Gasteiger partial charge in [0.1, 0.15) is 11.2 Å². The molecule has 2 aromatic rings. The predicted octanol–water partition coefficient (Wildman–Crippen LogP) is 2.44. The second kappa shape index (κ2) is 4.70. The zero-order valence-electron chi connectivity index (χ0n) is 11.0. The lowest BCUT2D eigenvalue weighted by Gasteiger charge is -2.11. The lowest BCUT2D eigenvalue weighted by atomic mass is 10.1. The first-order valence-electron chi connectivity index (χ1n) is 6.54. The van der Waals surface area contributed by atoms with Crippen molar-refractivity contribution in [2.75, 3.05) is 5.32 Å². The van der Waals surface area contributed by atoms with Crippen LogP contribution in [-0.4, -0.2) is 16.1 Å². The van der Waals surface area contributed by atoms with E-state index in [0.717, 1.165) is 0 Å². The highest BCUT2D eigenvalue weighted by atomic mass is 19.1. The van der Waals surface area contributed by atoms with Gasteiger partial charge in [0.2, 0.25) is 17.7 Å². The standard InChI is InChI=1S/C14H14FN3O2/c1-2-11-17-18-13(20-11)14(7-8-14)12(19)16-10-5-3-9(15)4-6-10/h3-6H,2,7-8H2,1H3,(H,16,19). The van der Waals surface area contributed by atoms with E-state index in [9.17, 15) is 9.18 Å². The van der Waals surface area contributed by atoms with Crippen LogP contribution in [0.4, 0.5) is 10.1 Å². The SMILES string of the molecule is CCc1nnc(C2(C(=O)Nc3ccc(F)cc3)CC2)o1. The summed E-state index contributed by atoms with van der Waals surface area (Å²) in [5.41, 5.74) is -0.160. The van der Waals surface area contributed by atoms with Crippen molar-refractivity contribution in [3.05, 3.63) is 41.9 Å². The Balaban J connectivity index is 1.77. The van der Waals surface area contributed by atoms with E-state index in [0.29, 0.717) is 36.7 Å². The van der Waals surface area contributed by atoms with Gasteiger partial charge in [-0.2, -0.15) is 0 Å². The average molecular weight is 275 g/mol. The number of amides is 1. The molecule has 1 N–H and O–H groups in total. The fraction of sp³-hybridized carbons (Fsp3) is 0.357. The van der Waals surface area contributed by atoms with E-state index < -0.39 is 5.41 Å². The smallest absolute Gasteiger partial charge is 0.240 e. The van der Waals surface area contributed by atoms with E-state index in [4.69, 9.17) is 4.42 Å². The van der Waals surface area contributed by atoms with Gasteiger partial charge in [-0.1, -0.05) is 6.92 Å². The molecule has 1 aromatic carbocycles. The van der Waals surface area contributed by atoms with E-state index >= 15 is 0 Å². The molecule has 1 aliphatic carbocycles. The minimum atomic E-state index is -0.713. The molecule has 3 rings (SSSR count). The quantitative estimate of drug-likeness (QED) is 0.930. The third-order valence-electron chi connectivity index (χ3n) is 3.47. The van der Waals surface area contributed by atoms with Crippen molar-refractivity contribution in [2.24, 2.45) is 0 Å². The number of aromatic nitrogens is 2. The highest BCUT2D eigenvalue weighted by Crippen LogP contribution is 2.48. The summed E-state index contributed by atoms with van der Waals surface area (Å²) in [4.78, 5) is 12.3.